The summed E-state index contributed by atoms with van der Waals surface area (Å²) in [6, 6.07) is 11.6. The van der Waals surface area contributed by atoms with E-state index in [-0.39, 0.29) is 11.8 Å². The van der Waals surface area contributed by atoms with E-state index in [1.165, 1.54) is 5.56 Å². The second-order valence-electron chi connectivity index (χ2n) is 6.57. The molecule has 0 saturated heterocycles. The second kappa shape index (κ2) is 7.66. The normalized spacial score (nSPS) is 15.6. The number of fused-ring (bicyclic) bond motifs is 1. The Labute approximate surface area is 148 Å². The van der Waals surface area contributed by atoms with Gasteiger partial charge in [-0.2, -0.15) is 0 Å². The summed E-state index contributed by atoms with van der Waals surface area (Å²) in [5.74, 6) is 0.665. The summed E-state index contributed by atoms with van der Waals surface area (Å²) in [5, 5.41) is 13.3. The largest absolute Gasteiger partial charge is 0.391 e. The van der Waals surface area contributed by atoms with E-state index in [9.17, 15) is 9.90 Å². The van der Waals surface area contributed by atoms with E-state index in [0.29, 0.717) is 24.5 Å². The van der Waals surface area contributed by atoms with Crippen LogP contribution in [0.1, 0.15) is 36.2 Å². The molecular weight excluding hydrogens is 314 g/mol. The number of amides is 1. The maximum atomic E-state index is 13.0. The van der Waals surface area contributed by atoms with Crippen LogP contribution in [-0.2, 0) is 6.42 Å². The van der Waals surface area contributed by atoms with Gasteiger partial charge in [0.15, 0.2) is 0 Å². The average Bonchev–Trinajstić information content (AvgIpc) is 3.09. The number of rotatable bonds is 6. The summed E-state index contributed by atoms with van der Waals surface area (Å²) in [4.78, 5) is 19.2. The van der Waals surface area contributed by atoms with Crippen molar-refractivity contribution in [1.82, 2.24) is 4.98 Å². The Kier molecular flexibility index (Phi) is 5.34. The fraction of sp³-hybridized carbons (Fsp3) is 0.400. The summed E-state index contributed by atoms with van der Waals surface area (Å²) >= 11 is 0. The summed E-state index contributed by atoms with van der Waals surface area (Å²) in [6.07, 6.45) is 2.97. The highest BCUT2D eigenvalue weighted by Gasteiger charge is 2.27. The molecule has 0 fully saturated rings. The summed E-state index contributed by atoms with van der Waals surface area (Å²) in [7, 11) is 0. The van der Waals surface area contributed by atoms with Crippen LogP contribution in [-0.4, -0.2) is 35.2 Å². The second-order valence-corrected chi connectivity index (χ2v) is 6.57. The first-order valence-electron chi connectivity index (χ1n) is 8.88. The Bertz CT molecular complexity index is 747. The molecule has 3 rings (SSSR count). The molecule has 25 heavy (non-hydrogen) atoms. The Balaban J connectivity index is 1.78. The van der Waals surface area contributed by atoms with Gasteiger partial charge in [-0.3, -0.25) is 4.79 Å². The lowest BCUT2D eigenvalue weighted by Gasteiger charge is -2.21. The quantitative estimate of drug-likeness (QED) is 0.849. The number of nitrogens with zero attached hydrogens (tertiary/aromatic N) is 2. The molecule has 1 aliphatic heterocycles. The van der Waals surface area contributed by atoms with Crippen molar-refractivity contribution >= 4 is 17.4 Å². The minimum Gasteiger partial charge on any atom is -0.391 e. The van der Waals surface area contributed by atoms with E-state index in [2.05, 4.69) is 23.3 Å². The first-order valence-corrected chi connectivity index (χ1v) is 8.88. The molecule has 0 saturated carbocycles. The lowest BCUT2D eigenvalue weighted by Crippen LogP contribution is -2.31. The predicted octanol–water partition coefficient (Wildman–Crippen LogP) is 3.10. The van der Waals surface area contributed by atoms with Crippen LogP contribution in [0, 0.1) is 5.92 Å². The topological polar surface area (TPSA) is 65.5 Å². The molecule has 0 spiro atoms. The number of para-hydroxylation sites is 1. The van der Waals surface area contributed by atoms with Crippen molar-refractivity contribution in [3.8, 4) is 0 Å². The molecule has 2 heterocycles. The van der Waals surface area contributed by atoms with Crippen LogP contribution in [0.2, 0.25) is 0 Å². The molecule has 1 aliphatic rings. The molecule has 0 bridgehead atoms. The Hall–Kier alpha value is -2.40. The summed E-state index contributed by atoms with van der Waals surface area (Å²) < 4.78 is 0. The Morgan fingerprint density at radius 1 is 1.32 bits per heavy atom. The van der Waals surface area contributed by atoms with Gasteiger partial charge >= 0.3 is 0 Å². The number of hydrogen-bond acceptors (Lipinski definition) is 4. The minimum absolute atomic E-state index is 0.0569. The number of aromatic nitrogens is 1. The zero-order chi connectivity index (χ0) is 17.8. The van der Waals surface area contributed by atoms with Gasteiger partial charge in [-0.15, -0.1) is 0 Å². The number of benzene rings is 1. The highest BCUT2D eigenvalue weighted by atomic mass is 16.3. The van der Waals surface area contributed by atoms with E-state index in [1.807, 2.05) is 30.0 Å². The molecule has 132 valence electrons. The molecule has 2 unspecified atom stereocenters. The van der Waals surface area contributed by atoms with Crippen molar-refractivity contribution < 1.29 is 9.90 Å². The van der Waals surface area contributed by atoms with Gasteiger partial charge in [-0.1, -0.05) is 38.5 Å². The molecule has 1 aromatic carbocycles. The van der Waals surface area contributed by atoms with E-state index in [1.54, 1.807) is 18.3 Å². The van der Waals surface area contributed by atoms with Gasteiger partial charge in [0, 0.05) is 25.0 Å². The third-order valence-corrected chi connectivity index (χ3v) is 4.95. The fourth-order valence-corrected chi connectivity index (χ4v) is 3.09. The molecule has 2 aromatic rings. The van der Waals surface area contributed by atoms with E-state index in [4.69, 9.17) is 0 Å². The van der Waals surface area contributed by atoms with Gasteiger partial charge in [0.25, 0.3) is 5.91 Å². The van der Waals surface area contributed by atoms with E-state index < -0.39 is 6.10 Å². The molecular formula is C20H25N3O2. The number of carbonyl (C=O) groups is 1. The number of anilines is 2. The molecule has 2 N–H and O–H groups in total. The van der Waals surface area contributed by atoms with Crippen molar-refractivity contribution in [1.29, 1.82) is 0 Å². The van der Waals surface area contributed by atoms with Crippen LogP contribution >= 0.6 is 0 Å². The van der Waals surface area contributed by atoms with Crippen LogP contribution in [0.15, 0.2) is 42.6 Å². The van der Waals surface area contributed by atoms with Gasteiger partial charge < -0.3 is 15.3 Å². The lowest BCUT2D eigenvalue weighted by atomic mass is 10.0. The molecule has 0 aliphatic carbocycles. The number of pyridine rings is 1. The number of aliphatic hydroxyl groups is 1. The molecule has 1 amide bonds. The van der Waals surface area contributed by atoms with Crippen molar-refractivity contribution in [2.45, 2.75) is 32.8 Å². The maximum absolute atomic E-state index is 13.0. The molecule has 1 aromatic heterocycles. The van der Waals surface area contributed by atoms with Crippen LogP contribution in [0.5, 0.6) is 0 Å². The predicted molar refractivity (Wildman–Crippen MR) is 100 cm³/mol. The minimum atomic E-state index is -0.470. The van der Waals surface area contributed by atoms with Crippen LogP contribution in [0.25, 0.3) is 0 Å². The molecule has 5 nitrogen and oxygen atoms in total. The van der Waals surface area contributed by atoms with Crippen molar-refractivity contribution in [3.63, 3.8) is 0 Å². The highest BCUT2D eigenvalue weighted by molar-refractivity contribution is 6.10. The SMILES string of the molecule is CCC(C)C(O)CNc1ncccc1C(=O)N1CCc2ccccc21. The third-order valence-electron chi connectivity index (χ3n) is 4.95. The smallest absolute Gasteiger partial charge is 0.262 e. The fourth-order valence-electron chi connectivity index (χ4n) is 3.09. The van der Waals surface area contributed by atoms with Gasteiger partial charge in [0.05, 0.1) is 11.7 Å². The van der Waals surface area contributed by atoms with Crippen molar-refractivity contribution in [2.75, 3.05) is 23.3 Å². The molecule has 2 atom stereocenters. The lowest BCUT2D eigenvalue weighted by molar-refractivity contribution is 0.0989. The molecule has 5 heteroatoms. The van der Waals surface area contributed by atoms with E-state index in [0.717, 1.165) is 18.5 Å². The standard InChI is InChI=1S/C20H25N3O2/c1-3-14(2)18(24)13-22-19-16(8-6-11-21-19)20(25)23-12-10-15-7-4-5-9-17(15)23/h4-9,11,14,18,24H,3,10,12-13H2,1-2H3,(H,21,22). The maximum Gasteiger partial charge on any atom is 0.262 e. The van der Waals surface area contributed by atoms with Gasteiger partial charge in [-0.25, -0.2) is 4.98 Å². The highest BCUT2D eigenvalue weighted by Crippen LogP contribution is 2.29. The zero-order valence-corrected chi connectivity index (χ0v) is 14.8. The summed E-state index contributed by atoms with van der Waals surface area (Å²) in [5.41, 5.74) is 2.71. The number of aliphatic hydroxyl groups excluding tert-OH is 1. The average molecular weight is 339 g/mol. The van der Waals surface area contributed by atoms with Crippen LogP contribution in [0.4, 0.5) is 11.5 Å². The van der Waals surface area contributed by atoms with Crippen LogP contribution < -0.4 is 10.2 Å². The van der Waals surface area contributed by atoms with Crippen LogP contribution in [0.3, 0.4) is 0 Å². The third kappa shape index (κ3) is 3.66. The van der Waals surface area contributed by atoms with Gasteiger partial charge in [0.1, 0.15) is 5.82 Å². The zero-order valence-electron chi connectivity index (χ0n) is 14.8. The monoisotopic (exact) mass is 339 g/mol. The Morgan fingerprint density at radius 3 is 2.92 bits per heavy atom. The molecule has 0 radical (unpaired) electrons. The Morgan fingerprint density at radius 2 is 2.12 bits per heavy atom. The number of hydrogen-bond donors (Lipinski definition) is 2. The van der Waals surface area contributed by atoms with Crippen molar-refractivity contribution in [3.05, 3.63) is 53.7 Å². The van der Waals surface area contributed by atoms with Gasteiger partial charge in [-0.05, 0) is 36.1 Å². The first-order chi connectivity index (χ1) is 12.1. The van der Waals surface area contributed by atoms with Gasteiger partial charge in [0.2, 0.25) is 0 Å². The first kappa shape index (κ1) is 17.4. The van der Waals surface area contributed by atoms with Crippen molar-refractivity contribution in [2.24, 2.45) is 5.92 Å². The number of carbonyl (C=O) groups excluding carboxylic acids is 1. The van der Waals surface area contributed by atoms with E-state index >= 15 is 0 Å². The number of nitrogens with one attached hydrogen (secondary N) is 1. The summed E-state index contributed by atoms with van der Waals surface area (Å²) in [6.45, 7) is 5.12.